The molecule has 114 valence electrons. The van der Waals surface area contributed by atoms with Gasteiger partial charge in [0.25, 0.3) is 0 Å². The molecule has 2 unspecified atom stereocenters. The minimum Gasteiger partial charge on any atom is -0.377 e. The lowest BCUT2D eigenvalue weighted by Gasteiger charge is -2.28. The lowest BCUT2D eigenvalue weighted by molar-refractivity contribution is -0.135. The van der Waals surface area contributed by atoms with Gasteiger partial charge in [-0.1, -0.05) is 0 Å². The predicted octanol–water partition coefficient (Wildman–Crippen LogP) is 0.0115. The molecule has 0 aromatic rings. The van der Waals surface area contributed by atoms with Gasteiger partial charge in [0.1, 0.15) is 0 Å². The molecule has 20 heavy (non-hydrogen) atoms. The highest BCUT2D eigenvalue weighted by Gasteiger charge is 2.25. The number of hydrogen-bond donors (Lipinski definition) is 2. The van der Waals surface area contributed by atoms with Crippen molar-refractivity contribution in [3.63, 3.8) is 0 Å². The summed E-state index contributed by atoms with van der Waals surface area (Å²) in [6.07, 6.45) is 5.63. The van der Waals surface area contributed by atoms with E-state index in [2.05, 4.69) is 5.32 Å². The highest BCUT2D eigenvalue weighted by Crippen LogP contribution is 2.13. The van der Waals surface area contributed by atoms with Gasteiger partial charge < -0.3 is 20.7 Å². The van der Waals surface area contributed by atoms with E-state index in [4.69, 9.17) is 10.5 Å². The number of nitrogens with two attached hydrogens (primary N) is 1. The van der Waals surface area contributed by atoms with Crippen molar-refractivity contribution in [2.75, 3.05) is 26.2 Å². The molecular weight excluding hydrogens is 258 g/mol. The molecule has 2 heterocycles. The topological polar surface area (TPSA) is 84.7 Å². The van der Waals surface area contributed by atoms with Crippen molar-refractivity contribution in [1.29, 1.82) is 0 Å². The van der Waals surface area contributed by atoms with Gasteiger partial charge >= 0.3 is 0 Å². The number of carbonyl (C=O) groups is 2. The van der Waals surface area contributed by atoms with Crippen LogP contribution in [-0.4, -0.2) is 55.1 Å². The summed E-state index contributed by atoms with van der Waals surface area (Å²) in [4.78, 5) is 25.5. The molecule has 2 atom stereocenters. The number of likely N-dealkylation sites (tertiary alicyclic amines) is 1. The third kappa shape index (κ3) is 4.45. The first kappa shape index (κ1) is 15.3. The Labute approximate surface area is 120 Å². The Hall–Kier alpha value is -1.14. The third-order valence-corrected chi connectivity index (χ3v) is 4.05. The number of nitrogens with one attached hydrogen (secondary N) is 1. The van der Waals surface area contributed by atoms with Gasteiger partial charge in [-0.05, 0) is 32.1 Å². The minimum atomic E-state index is -0.589. The van der Waals surface area contributed by atoms with E-state index in [0.29, 0.717) is 6.54 Å². The van der Waals surface area contributed by atoms with Crippen LogP contribution < -0.4 is 11.1 Å². The van der Waals surface area contributed by atoms with Gasteiger partial charge in [-0.15, -0.1) is 0 Å². The maximum absolute atomic E-state index is 12.2. The normalized spacial score (nSPS) is 24.6. The summed E-state index contributed by atoms with van der Waals surface area (Å²) in [5.74, 6) is -0.443. The van der Waals surface area contributed by atoms with E-state index in [0.717, 1.165) is 45.4 Å². The van der Waals surface area contributed by atoms with Gasteiger partial charge in [0, 0.05) is 26.2 Å². The maximum atomic E-state index is 12.2. The fourth-order valence-corrected chi connectivity index (χ4v) is 2.80. The summed E-state index contributed by atoms with van der Waals surface area (Å²) >= 11 is 0. The molecule has 2 aliphatic rings. The van der Waals surface area contributed by atoms with Crippen LogP contribution in [-0.2, 0) is 14.3 Å². The van der Waals surface area contributed by atoms with Crippen LogP contribution in [0.15, 0.2) is 0 Å². The van der Waals surface area contributed by atoms with Gasteiger partial charge in [-0.3, -0.25) is 9.59 Å². The van der Waals surface area contributed by atoms with Gasteiger partial charge in [-0.25, -0.2) is 0 Å². The fourth-order valence-electron chi connectivity index (χ4n) is 2.80. The Bertz CT molecular complexity index is 337. The van der Waals surface area contributed by atoms with Crippen LogP contribution in [0.5, 0.6) is 0 Å². The molecule has 2 saturated heterocycles. The molecule has 0 radical (unpaired) electrons. The molecule has 6 nitrogen and oxygen atoms in total. The van der Waals surface area contributed by atoms with Crippen molar-refractivity contribution in [2.45, 2.75) is 50.7 Å². The predicted molar refractivity (Wildman–Crippen MR) is 75.0 cm³/mol. The second kappa shape index (κ2) is 7.59. The quantitative estimate of drug-likeness (QED) is 0.719. The van der Waals surface area contributed by atoms with Crippen molar-refractivity contribution < 1.29 is 14.3 Å². The number of carbonyl (C=O) groups excluding carboxylic acids is 2. The molecule has 6 heteroatoms. The summed E-state index contributed by atoms with van der Waals surface area (Å²) in [6, 6.07) is -0.589. The highest BCUT2D eigenvalue weighted by atomic mass is 16.5. The number of ether oxygens (including phenoxy) is 1. The van der Waals surface area contributed by atoms with Crippen LogP contribution in [0.3, 0.4) is 0 Å². The van der Waals surface area contributed by atoms with Gasteiger partial charge in [0.15, 0.2) is 0 Å². The van der Waals surface area contributed by atoms with Crippen LogP contribution in [0.4, 0.5) is 0 Å². The summed E-state index contributed by atoms with van der Waals surface area (Å²) in [7, 11) is 0. The standard InChI is InChI=1S/C14H25N3O3/c15-14(19)12(16-10-11-5-4-8-20-11)9-13(18)17-6-2-1-3-7-17/h11-12,16H,1-10H2,(H2,15,19). The van der Waals surface area contributed by atoms with Crippen molar-refractivity contribution in [3.8, 4) is 0 Å². The number of hydrogen-bond acceptors (Lipinski definition) is 4. The zero-order valence-electron chi connectivity index (χ0n) is 12.0. The van der Waals surface area contributed by atoms with Crippen LogP contribution in [0.25, 0.3) is 0 Å². The number of primary amides is 1. The average molecular weight is 283 g/mol. The molecule has 0 spiro atoms. The smallest absolute Gasteiger partial charge is 0.235 e. The maximum Gasteiger partial charge on any atom is 0.235 e. The number of amides is 2. The molecule has 0 aromatic heterocycles. The molecule has 2 fully saturated rings. The molecule has 0 bridgehead atoms. The lowest BCUT2D eigenvalue weighted by Crippen LogP contribution is -2.48. The summed E-state index contributed by atoms with van der Waals surface area (Å²) in [5.41, 5.74) is 5.39. The van der Waals surface area contributed by atoms with Crippen molar-refractivity contribution in [2.24, 2.45) is 5.73 Å². The minimum absolute atomic E-state index is 0.0216. The first-order valence-electron chi connectivity index (χ1n) is 7.59. The summed E-state index contributed by atoms with van der Waals surface area (Å²) < 4.78 is 5.49. The first-order chi connectivity index (χ1) is 9.66. The molecule has 0 aromatic carbocycles. The van der Waals surface area contributed by atoms with E-state index >= 15 is 0 Å². The summed E-state index contributed by atoms with van der Waals surface area (Å²) in [6.45, 7) is 2.97. The highest BCUT2D eigenvalue weighted by molar-refractivity contribution is 5.87. The molecule has 3 N–H and O–H groups in total. The Balaban J connectivity index is 1.78. The Morgan fingerprint density at radius 1 is 1.25 bits per heavy atom. The molecule has 2 amide bonds. The van der Waals surface area contributed by atoms with Crippen molar-refractivity contribution in [1.82, 2.24) is 10.2 Å². The molecule has 2 aliphatic heterocycles. The SMILES string of the molecule is NC(=O)C(CC(=O)N1CCCCC1)NCC1CCCO1. The van der Waals surface area contributed by atoms with E-state index in [9.17, 15) is 9.59 Å². The van der Waals surface area contributed by atoms with Crippen molar-refractivity contribution >= 4 is 11.8 Å². The van der Waals surface area contributed by atoms with E-state index in [1.165, 1.54) is 6.42 Å². The molecule has 2 rings (SSSR count). The largest absolute Gasteiger partial charge is 0.377 e. The lowest BCUT2D eigenvalue weighted by atomic mass is 10.1. The first-order valence-corrected chi connectivity index (χ1v) is 7.59. The van der Waals surface area contributed by atoms with Crippen LogP contribution >= 0.6 is 0 Å². The Kier molecular flexibility index (Phi) is 5.79. The van der Waals surface area contributed by atoms with Crippen molar-refractivity contribution in [3.05, 3.63) is 0 Å². The molecule has 0 saturated carbocycles. The van der Waals surface area contributed by atoms with Gasteiger partial charge in [0.2, 0.25) is 11.8 Å². The van der Waals surface area contributed by atoms with Crippen LogP contribution in [0.1, 0.15) is 38.5 Å². The van der Waals surface area contributed by atoms with E-state index in [-0.39, 0.29) is 18.4 Å². The van der Waals surface area contributed by atoms with E-state index in [1.807, 2.05) is 4.90 Å². The molecule has 0 aliphatic carbocycles. The number of piperidine rings is 1. The van der Waals surface area contributed by atoms with E-state index in [1.54, 1.807) is 0 Å². The third-order valence-electron chi connectivity index (χ3n) is 4.05. The second-order valence-corrected chi connectivity index (χ2v) is 5.64. The van der Waals surface area contributed by atoms with Gasteiger partial charge in [-0.2, -0.15) is 0 Å². The monoisotopic (exact) mass is 283 g/mol. The van der Waals surface area contributed by atoms with Gasteiger partial charge in [0.05, 0.1) is 18.6 Å². The second-order valence-electron chi connectivity index (χ2n) is 5.64. The molecular formula is C14H25N3O3. The van der Waals surface area contributed by atoms with Crippen LogP contribution in [0.2, 0.25) is 0 Å². The Morgan fingerprint density at radius 2 is 2.00 bits per heavy atom. The fraction of sp³-hybridized carbons (Fsp3) is 0.857. The summed E-state index contributed by atoms with van der Waals surface area (Å²) in [5, 5.41) is 3.08. The number of rotatable bonds is 6. The van der Waals surface area contributed by atoms with Crippen LogP contribution in [0, 0.1) is 0 Å². The average Bonchev–Trinajstić information content (AvgIpc) is 2.97. The number of nitrogens with zero attached hydrogens (tertiary/aromatic N) is 1. The Morgan fingerprint density at radius 3 is 2.60 bits per heavy atom. The zero-order chi connectivity index (χ0) is 14.4. The van der Waals surface area contributed by atoms with E-state index < -0.39 is 11.9 Å². The zero-order valence-corrected chi connectivity index (χ0v) is 12.0.